The van der Waals surface area contributed by atoms with Crippen molar-refractivity contribution >= 4 is 0 Å². The number of H-pyrrole nitrogens is 1. The Morgan fingerprint density at radius 1 is 1.50 bits per heavy atom. The van der Waals surface area contributed by atoms with E-state index in [-0.39, 0.29) is 0 Å². The van der Waals surface area contributed by atoms with Crippen LogP contribution in [0.2, 0.25) is 0 Å². The fraction of sp³-hybridized carbons (Fsp3) is 0.600. The highest BCUT2D eigenvalue weighted by molar-refractivity contribution is 4.53. The van der Waals surface area contributed by atoms with Crippen LogP contribution in [0.15, 0.2) is 6.33 Å². The van der Waals surface area contributed by atoms with E-state index in [0.717, 1.165) is 5.82 Å². The van der Waals surface area contributed by atoms with Crippen LogP contribution in [0, 0.1) is 6.92 Å². The van der Waals surface area contributed by atoms with Gasteiger partial charge in [-0.3, -0.25) is 0 Å². The van der Waals surface area contributed by atoms with Crippen LogP contribution in [0.25, 0.3) is 0 Å². The summed E-state index contributed by atoms with van der Waals surface area (Å²) >= 11 is 0. The number of aromatic amines is 1. The molecule has 44 valence electrons. The third-order valence-electron chi connectivity index (χ3n) is 1.21. The first kappa shape index (κ1) is 5.28. The average Bonchev–Trinajstić information content (AvgIpc) is 1.85. The lowest BCUT2D eigenvalue weighted by atomic mass is 10.7. The van der Waals surface area contributed by atoms with E-state index in [1.165, 1.54) is 0 Å². The van der Waals surface area contributed by atoms with E-state index in [1.807, 2.05) is 36.6 Å². The van der Waals surface area contributed by atoms with Gasteiger partial charge in [0, 0.05) is 6.92 Å². The zero-order chi connectivity index (χ0) is 6.15. The van der Waals surface area contributed by atoms with Crippen LogP contribution in [0.1, 0.15) is 5.82 Å². The van der Waals surface area contributed by atoms with Crippen molar-refractivity contribution in [3.05, 3.63) is 12.2 Å². The standard InChI is InChI=1S/C5H10N3/c1-5-6-8(3)4-7(5)2/h4H,1-3H3/q+1/p+1. The van der Waals surface area contributed by atoms with E-state index in [1.54, 1.807) is 0 Å². The van der Waals surface area contributed by atoms with Crippen LogP contribution < -0.4 is 9.25 Å². The van der Waals surface area contributed by atoms with E-state index in [9.17, 15) is 0 Å². The largest absolute Gasteiger partial charge is 0.431 e. The molecule has 0 aliphatic heterocycles. The summed E-state index contributed by atoms with van der Waals surface area (Å²) in [5, 5.41) is 3.09. The van der Waals surface area contributed by atoms with Crippen molar-refractivity contribution in [3.63, 3.8) is 0 Å². The van der Waals surface area contributed by atoms with Crippen LogP contribution in [-0.2, 0) is 14.1 Å². The molecule has 0 aliphatic rings. The number of hydrogen-bond donors (Lipinski definition) is 1. The third-order valence-corrected chi connectivity index (χ3v) is 1.21. The van der Waals surface area contributed by atoms with Gasteiger partial charge in [0.05, 0.1) is 0 Å². The Morgan fingerprint density at radius 2 is 2.12 bits per heavy atom. The van der Waals surface area contributed by atoms with E-state index in [0.29, 0.717) is 0 Å². The summed E-state index contributed by atoms with van der Waals surface area (Å²) < 4.78 is 3.94. The van der Waals surface area contributed by atoms with Gasteiger partial charge in [-0.1, -0.05) is 4.68 Å². The molecule has 0 amide bonds. The number of nitrogens with one attached hydrogen (secondary N) is 1. The van der Waals surface area contributed by atoms with Crippen LogP contribution in [0.5, 0.6) is 0 Å². The molecule has 0 saturated heterocycles. The van der Waals surface area contributed by atoms with Crippen molar-refractivity contribution in [1.29, 1.82) is 0 Å². The normalized spacial score (nSPS) is 9.88. The monoisotopic (exact) mass is 113 g/mol. The highest BCUT2D eigenvalue weighted by atomic mass is 15.3. The quantitative estimate of drug-likeness (QED) is 0.416. The molecule has 1 rings (SSSR count). The van der Waals surface area contributed by atoms with Crippen molar-refractivity contribution < 1.29 is 9.25 Å². The molecule has 0 bridgehead atoms. The van der Waals surface area contributed by atoms with Crippen LogP contribution in [0.3, 0.4) is 0 Å². The molecule has 1 aromatic rings. The van der Waals surface area contributed by atoms with E-state index in [4.69, 9.17) is 0 Å². The minimum absolute atomic E-state index is 1.16. The fourth-order valence-corrected chi connectivity index (χ4v) is 0.709. The van der Waals surface area contributed by atoms with E-state index >= 15 is 0 Å². The maximum absolute atomic E-state index is 3.09. The van der Waals surface area contributed by atoms with Crippen molar-refractivity contribution in [2.24, 2.45) is 14.1 Å². The molecule has 3 heteroatoms. The molecule has 0 fully saturated rings. The molecule has 1 aromatic heterocycles. The summed E-state index contributed by atoms with van der Waals surface area (Å²) in [6, 6.07) is 0. The molecule has 8 heavy (non-hydrogen) atoms. The lowest BCUT2D eigenvalue weighted by Gasteiger charge is -1.68. The highest BCUT2D eigenvalue weighted by Gasteiger charge is 2.07. The molecule has 0 spiro atoms. The molecular formula is C5H11N3+2. The molecule has 1 N–H and O–H groups in total. The summed E-state index contributed by atoms with van der Waals surface area (Å²) in [7, 11) is 3.97. The predicted molar refractivity (Wildman–Crippen MR) is 27.9 cm³/mol. The maximum atomic E-state index is 3.09. The average molecular weight is 113 g/mol. The van der Waals surface area contributed by atoms with Crippen LogP contribution in [0.4, 0.5) is 0 Å². The van der Waals surface area contributed by atoms with Gasteiger partial charge in [-0.05, 0) is 0 Å². The molecule has 0 unspecified atom stereocenters. The SMILES string of the molecule is Cc1[nH][n+](C)c[n+]1C. The summed E-state index contributed by atoms with van der Waals surface area (Å²) in [4.78, 5) is 0. The van der Waals surface area contributed by atoms with Crippen LogP contribution in [-0.4, -0.2) is 5.10 Å². The Morgan fingerprint density at radius 3 is 2.25 bits per heavy atom. The maximum Gasteiger partial charge on any atom is 0.431 e. The van der Waals surface area contributed by atoms with Gasteiger partial charge in [0.1, 0.15) is 7.05 Å². The fourth-order valence-electron chi connectivity index (χ4n) is 0.709. The topological polar surface area (TPSA) is 23.5 Å². The molecular weight excluding hydrogens is 102 g/mol. The Hall–Kier alpha value is -0.860. The zero-order valence-electron chi connectivity index (χ0n) is 5.47. The van der Waals surface area contributed by atoms with E-state index < -0.39 is 0 Å². The number of aromatic nitrogens is 3. The number of aryl methyl sites for hydroxylation is 3. The van der Waals surface area contributed by atoms with Gasteiger partial charge in [0.2, 0.25) is 0 Å². The molecule has 0 saturated carbocycles. The first-order chi connectivity index (χ1) is 3.70. The van der Waals surface area contributed by atoms with Crippen molar-refractivity contribution in [1.82, 2.24) is 5.10 Å². The Bertz CT molecular complexity index is 170. The predicted octanol–water partition coefficient (Wildman–Crippen LogP) is -1.03. The summed E-state index contributed by atoms with van der Waals surface area (Å²) in [5.74, 6) is 1.16. The van der Waals surface area contributed by atoms with Gasteiger partial charge in [-0.15, -0.1) is 9.67 Å². The van der Waals surface area contributed by atoms with Crippen molar-refractivity contribution in [2.75, 3.05) is 0 Å². The third kappa shape index (κ3) is 0.710. The van der Waals surface area contributed by atoms with Gasteiger partial charge in [-0.2, -0.15) is 0 Å². The molecule has 0 radical (unpaired) electrons. The second-order valence-electron chi connectivity index (χ2n) is 2.03. The minimum atomic E-state index is 1.16. The smallest absolute Gasteiger partial charge is 0.128 e. The lowest BCUT2D eigenvalue weighted by Crippen LogP contribution is -2.34. The summed E-state index contributed by atoms with van der Waals surface area (Å²) in [6.07, 6.45) is 1.98. The van der Waals surface area contributed by atoms with Gasteiger partial charge in [0.25, 0.3) is 0 Å². The van der Waals surface area contributed by atoms with Gasteiger partial charge >= 0.3 is 12.2 Å². The first-order valence-electron chi connectivity index (χ1n) is 2.61. The molecule has 3 nitrogen and oxygen atoms in total. The Balaban J connectivity index is 3.14. The second-order valence-corrected chi connectivity index (χ2v) is 2.03. The van der Waals surface area contributed by atoms with Crippen molar-refractivity contribution in [3.8, 4) is 0 Å². The second kappa shape index (κ2) is 1.58. The lowest BCUT2D eigenvalue weighted by molar-refractivity contribution is -0.795. The first-order valence-corrected chi connectivity index (χ1v) is 2.61. The van der Waals surface area contributed by atoms with Gasteiger partial charge in [-0.25, -0.2) is 0 Å². The molecule has 1 heterocycles. The molecule has 0 atom stereocenters. The number of nitrogens with zero attached hydrogens (tertiary/aromatic N) is 2. The molecule has 0 aliphatic carbocycles. The van der Waals surface area contributed by atoms with Crippen LogP contribution >= 0.6 is 0 Å². The highest BCUT2D eigenvalue weighted by Crippen LogP contribution is 1.68. The minimum Gasteiger partial charge on any atom is -0.128 e. The Labute approximate surface area is 48.6 Å². The van der Waals surface area contributed by atoms with Crippen molar-refractivity contribution in [2.45, 2.75) is 6.92 Å². The van der Waals surface area contributed by atoms with Gasteiger partial charge < -0.3 is 0 Å². The number of rotatable bonds is 0. The summed E-state index contributed by atoms with van der Waals surface area (Å²) in [5.41, 5.74) is 0. The number of hydrogen-bond acceptors (Lipinski definition) is 0. The molecule has 0 aromatic carbocycles. The zero-order valence-corrected chi connectivity index (χ0v) is 5.47. The Kier molecular flexibility index (Phi) is 1.04. The van der Waals surface area contributed by atoms with E-state index in [2.05, 4.69) is 5.10 Å². The summed E-state index contributed by atoms with van der Waals surface area (Å²) in [6.45, 7) is 2.03. The van der Waals surface area contributed by atoms with Gasteiger partial charge in [0.15, 0.2) is 7.05 Å².